The highest BCUT2D eigenvalue weighted by Gasteiger charge is 2.26. The van der Waals surface area contributed by atoms with Crippen molar-refractivity contribution in [1.29, 1.82) is 0 Å². The lowest BCUT2D eigenvalue weighted by Crippen LogP contribution is -2.34. The van der Waals surface area contributed by atoms with E-state index in [1.165, 1.54) is 24.4 Å². The third-order valence-corrected chi connectivity index (χ3v) is 7.45. The molecule has 216 valence electrons. The van der Waals surface area contributed by atoms with Crippen LogP contribution < -0.4 is 5.32 Å². The first kappa shape index (κ1) is 26.5. The number of nitrogens with one attached hydrogen (secondary N) is 1. The van der Waals surface area contributed by atoms with E-state index in [4.69, 9.17) is 14.7 Å². The van der Waals surface area contributed by atoms with Crippen LogP contribution in [0.25, 0.3) is 28.3 Å². The highest BCUT2D eigenvalue weighted by atomic mass is 19.1. The topological polar surface area (TPSA) is 132 Å². The summed E-state index contributed by atoms with van der Waals surface area (Å²) in [5.74, 6) is -1.34. The van der Waals surface area contributed by atoms with E-state index >= 15 is 0 Å². The van der Waals surface area contributed by atoms with Gasteiger partial charge < -0.3 is 9.88 Å². The number of aromatic nitrogens is 8. The van der Waals surface area contributed by atoms with E-state index in [1.54, 1.807) is 35.1 Å². The number of carbonyl (C=O) groups is 1. The number of amides is 1. The maximum Gasteiger partial charge on any atom is 0.257 e. The molecule has 14 heteroatoms. The number of benzene rings is 1. The zero-order valence-corrected chi connectivity index (χ0v) is 22.6. The SMILES string of the molecule is O=C(Nc1cn2nc(-c3c(-c4ccc(F)cc4)ncn3C3CCN(Cc4cnon4)CC3)ccc2n1)c1ccnc(F)c1. The molecule has 1 fully saturated rings. The van der Waals surface area contributed by atoms with Crippen LogP contribution in [-0.4, -0.2) is 63.3 Å². The van der Waals surface area contributed by atoms with Gasteiger partial charge in [0.25, 0.3) is 5.91 Å². The molecule has 43 heavy (non-hydrogen) atoms. The van der Waals surface area contributed by atoms with Gasteiger partial charge in [-0.25, -0.2) is 28.5 Å². The van der Waals surface area contributed by atoms with Crippen LogP contribution in [0.3, 0.4) is 0 Å². The fraction of sp³-hybridized carbons (Fsp3) is 0.207. The molecular formula is C29H24F2N10O2. The first-order valence-electron chi connectivity index (χ1n) is 13.6. The van der Waals surface area contributed by atoms with Crippen molar-refractivity contribution in [1.82, 2.24) is 44.3 Å². The predicted octanol–water partition coefficient (Wildman–Crippen LogP) is 4.41. The van der Waals surface area contributed by atoms with Gasteiger partial charge in [-0.15, -0.1) is 0 Å². The second-order valence-electron chi connectivity index (χ2n) is 10.2. The van der Waals surface area contributed by atoms with Gasteiger partial charge in [0.2, 0.25) is 5.95 Å². The second kappa shape index (κ2) is 11.1. The first-order valence-corrected chi connectivity index (χ1v) is 13.6. The van der Waals surface area contributed by atoms with Gasteiger partial charge in [0.1, 0.15) is 17.2 Å². The summed E-state index contributed by atoms with van der Waals surface area (Å²) < 4.78 is 35.7. The fourth-order valence-electron chi connectivity index (χ4n) is 5.35. The molecule has 0 aliphatic carbocycles. The number of fused-ring (bicyclic) bond motifs is 1. The van der Waals surface area contributed by atoms with Crippen molar-refractivity contribution in [2.45, 2.75) is 25.4 Å². The first-order chi connectivity index (χ1) is 21.0. The zero-order chi connectivity index (χ0) is 29.3. The smallest absolute Gasteiger partial charge is 0.257 e. The molecule has 0 saturated carbocycles. The fourth-order valence-corrected chi connectivity index (χ4v) is 5.35. The molecule has 0 unspecified atom stereocenters. The maximum atomic E-state index is 13.8. The van der Waals surface area contributed by atoms with E-state index in [0.29, 0.717) is 23.6 Å². The Morgan fingerprint density at radius 2 is 1.88 bits per heavy atom. The summed E-state index contributed by atoms with van der Waals surface area (Å²) in [5.41, 5.74) is 4.28. The van der Waals surface area contributed by atoms with Crippen molar-refractivity contribution in [2.75, 3.05) is 18.4 Å². The average Bonchev–Trinajstić information content (AvgIpc) is 3.78. The Kier molecular flexibility index (Phi) is 6.87. The Bertz CT molecular complexity index is 1890. The largest absolute Gasteiger partial charge is 0.326 e. The number of likely N-dealkylation sites (tertiary alicyclic amines) is 1. The lowest BCUT2D eigenvalue weighted by Gasteiger charge is -2.32. The molecule has 0 radical (unpaired) electrons. The van der Waals surface area contributed by atoms with Crippen LogP contribution in [0.1, 0.15) is 34.9 Å². The molecule has 1 aromatic carbocycles. The van der Waals surface area contributed by atoms with E-state index in [-0.39, 0.29) is 23.2 Å². The van der Waals surface area contributed by atoms with Crippen molar-refractivity contribution >= 4 is 17.4 Å². The number of hydrogen-bond acceptors (Lipinski definition) is 9. The van der Waals surface area contributed by atoms with Crippen LogP contribution in [0.4, 0.5) is 14.6 Å². The number of piperidine rings is 1. The number of rotatable bonds is 7. The molecule has 6 aromatic rings. The zero-order valence-electron chi connectivity index (χ0n) is 22.6. The molecule has 1 aliphatic heterocycles. The van der Waals surface area contributed by atoms with Crippen molar-refractivity contribution in [3.63, 3.8) is 0 Å². The summed E-state index contributed by atoms with van der Waals surface area (Å²) in [6.07, 6.45) is 8.00. The Morgan fingerprint density at radius 3 is 2.65 bits per heavy atom. The minimum Gasteiger partial charge on any atom is -0.326 e. The lowest BCUT2D eigenvalue weighted by atomic mass is 10.0. The lowest BCUT2D eigenvalue weighted by molar-refractivity contribution is 0.102. The Hall–Kier alpha value is -5.37. The summed E-state index contributed by atoms with van der Waals surface area (Å²) in [4.78, 5) is 27.6. The summed E-state index contributed by atoms with van der Waals surface area (Å²) in [6.45, 7) is 2.36. The second-order valence-corrected chi connectivity index (χ2v) is 10.2. The molecule has 0 atom stereocenters. The standard InChI is InChI=1S/C29H24F2N10O2/c30-20-3-1-18(2-4-20)27-28(40(17-33-27)22-8-11-39(12-9-22)15-21-14-34-43-38-21)23-5-6-26-35-25(16-41(26)37-23)36-29(42)19-7-10-32-24(31)13-19/h1-7,10,13-14,16-17,22H,8-9,11-12,15H2,(H,36,42). The minimum atomic E-state index is -0.750. The van der Waals surface area contributed by atoms with Gasteiger partial charge >= 0.3 is 0 Å². The van der Waals surface area contributed by atoms with Crippen molar-refractivity contribution < 1.29 is 18.2 Å². The molecule has 7 rings (SSSR count). The van der Waals surface area contributed by atoms with Crippen LogP contribution in [0.5, 0.6) is 0 Å². The highest BCUT2D eigenvalue weighted by molar-refractivity contribution is 6.03. The van der Waals surface area contributed by atoms with Gasteiger partial charge in [0.05, 0.1) is 30.1 Å². The third kappa shape index (κ3) is 5.47. The van der Waals surface area contributed by atoms with E-state index in [9.17, 15) is 13.6 Å². The van der Waals surface area contributed by atoms with Gasteiger partial charge in [-0.2, -0.15) is 9.49 Å². The van der Waals surface area contributed by atoms with E-state index in [0.717, 1.165) is 48.9 Å². The number of halogens is 2. The van der Waals surface area contributed by atoms with Crippen LogP contribution in [0.15, 0.2) is 78.1 Å². The normalized spacial score (nSPS) is 14.4. The monoisotopic (exact) mass is 582 g/mol. The maximum absolute atomic E-state index is 13.8. The Balaban J connectivity index is 1.20. The molecule has 0 bridgehead atoms. The number of anilines is 1. The summed E-state index contributed by atoms with van der Waals surface area (Å²) >= 11 is 0. The van der Waals surface area contributed by atoms with Crippen LogP contribution in [-0.2, 0) is 6.54 Å². The van der Waals surface area contributed by atoms with Crippen molar-refractivity contribution in [2.24, 2.45) is 0 Å². The Labute approximate surface area is 243 Å². The molecule has 1 saturated heterocycles. The molecule has 1 aliphatic rings. The third-order valence-electron chi connectivity index (χ3n) is 7.45. The van der Waals surface area contributed by atoms with Crippen LogP contribution in [0, 0.1) is 11.8 Å². The van der Waals surface area contributed by atoms with Crippen molar-refractivity contribution in [3.05, 3.63) is 96.5 Å². The molecule has 1 N–H and O–H groups in total. The van der Waals surface area contributed by atoms with Gasteiger partial charge in [0, 0.05) is 49.1 Å². The predicted molar refractivity (Wildman–Crippen MR) is 150 cm³/mol. The number of imidazole rings is 2. The van der Waals surface area contributed by atoms with Gasteiger partial charge in [-0.05, 0) is 55.3 Å². The molecule has 5 aromatic heterocycles. The van der Waals surface area contributed by atoms with E-state index in [2.05, 4.69) is 35.1 Å². The summed E-state index contributed by atoms with van der Waals surface area (Å²) in [7, 11) is 0. The van der Waals surface area contributed by atoms with Gasteiger partial charge in [0.15, 0.2) is 11.5 Å². The molecule has 6 heterocycles. The van der Waals surface area contributed by atoms with E-state index in [1.807, 2.05) is 12.4 Å². The summed E-state index contributed by atoms with van der Waals surface area (Å²) in [5, 5.41) is 15.1. The molecule has 12 nitrogen and oxygen atoms in total. The van der Waals surface area contributed by atoms with Crippen LogP contribution in [0.2, 0.25) is 0 Å². The molecule has 0 spiro atoms. The Morgan fingerprint density at radius 1 is 1.05 bits per heavy atom. The van der Waals surface area contributed by atoms with Crippen molar-refractivity contribution in [3.8, 4) is 22.6 Å². The number of carbonyl (C=O) groups excluding carboxylic acids is 1. The van der Waals surface area contributed by atoms with Gasteiger partial charge in [-0.3, -0.25) is 9.69 Å². The quantitative estimate of drug-likeness (QED) is 0.272. The molecular weight excluding hydrogens is 558 g/mol. The van der Waals surface area contributed by atoms with E-state index < -0.39 is 11.9 Å². The highest BCUT2D eigenvalue weighted by Crippen LogP contribution is 2.35. The number of nitrogens with zero attached hydrogens (tertiary/aromatic N) is 9. The average molecular weight is 583 g/mol. The van der Waals surface area contributed by atoms with Crippen LogP contribution >= 0.6 is 0 Å². The number of hydrogen-bond donors (Lipinski definition) is 1. The molecule has 1 amide bonds. The minimum absolute atomic E-state index is 0.120. The number of pyridine rings is 1. The van der Waals surface area contributed by atoms with Gasteiger partial charge in [-0.1, -0.05) is 10.3 Å². The summed E-state index contributed by atoms with van der Waals surface area (Å²) in [6, 6.07) is 12.5.